The summed E-state index contributed by atoms with van der Waals surface area (Å²) in [6.45, 7) is 4.45. The van der Waals surface area contributed by atoms with Crippen molar-refractivity contribution in [3.05, 3.63) is 28.8 Å². The minimum atomic E-state index is -3.23. The molecule has 0 aliphatic carbocycles. The monoisotopic (exact) mass is 416 g/mol. The van der Waals surface area contributed by atoms with E-state index < -0.39 is 16.1 Å². The van der Waals surface area contributed by atoms with Gasteiger partial charge in [0.25, 0.3) is 0 Å². The second-order valence-corrected chi connectivity index (χ2v) is 9.36. The maximum absolute atomic E-state index is 11.5. The van der Waals surface area contributed by atoms with Crippen molar-refractivity contribution in [3.63, 3.8) is 0 Å². The summed E-state index contributed by atoms with van der Waals surface area (Å²) < 4.78 is 25.6. The third-order valence-corrected chi connectivity index (χ3v) is 5.99. The Morgan fingerprint density at radius 2 is 1.96 bits per heavy atom. The molecular formula is C17H25ClN4O4S. The van der Waals surface area contributed by atoms with Crippen molar-refractivity contribution in [2.45, 2.75) is 19.0 Å². The van der Waals surface area contributed by atoms with Gasteiger partial charge in [-0.25, -0.2) is 17.9 Å². The molecule has 0 radical (unpaired) electrons. The van der Waals surface area contributed by atoms with E-state index >= 15 is 0 Å². The van der Waals surface area contributed by atoms with Gasteiger partial charge in [0, 0.05) is 62.6 Å². The molecule has 150 valence electrons. The van der Waals surface area contributed by atoms with Crippen LogP contribution in [0.15, 0.2) is 18.2 Å². The van der Waals surface area contributed by atoms with Gasteiger partial charge in [0.1, 0.15) is 0 Å². The molecule has 27 heavy (non-hydrogen) atoms. The van der Waals surface area contributed by atoms with Crippen LogP contribution < -0.4 is 9.62 Å². The largest absolute Gasteiger partial charge is 0.465 e. The quantitative estimate of drug-likeness (QED) is 0.750. The summed E-state index contributed by atoms with van der Waals surface area (Å²) in [5.74, 6) is 0. The average Bonchev–Trinajstić information content (AvgIpc) is 3.03. The van der Waals surface area contributed by atoms with Crippen molar-refractivity contribution in [2.75, 3.05) is 50.4 Å². The summed E-state index contributed by atoms with van der Waals surface area (Å²) in [5.41, 5.74) is 2.13. The number of amides is 1. The molecule has 2 saturated heterocycles. The van der Waals surface area contributed by atoms with Gasteiger partial charge in [-0.3, -0.25) is 4.90 Å². The number of hydrogen-bond donors (Lipinski definition) is 2. The molecule has 1 aromatic carbocycles. The number of carbonyl (C=O) groups is 1. The summed E-state index contributed by atoms with van der Waals surface area (Å²) in [5, 5.41) is 9.72. The van der Waals surface area contributed by atoms with Crippen LogP contribution in [0.2, 0.25) is 5.02 Å². The highest BCUT2D eigenvalue weighted by Crippen LogP contribution is 2.29. The first-order chi connectivity index (χ1) is 12.7. The Labute approximate surface area is 164 Å². The molecule has 10 heteroatoms. The van der Waals surface area contributed by atoms with Crippen molar-refractivity contribution in [2.24, 2.45) is 0 Å². The third-order valence-electron chi connectivity index (χ3n) is 4.99. The van der Waals surface area contributed by atoms with Crippen molar-refractivity contribution in [1.82, 2.24) is 14.5 Å². The van der Waals surface area contributed by atoms with Gasteiger partial charge in [-0.05, 0) is 24.1 Å². The number of rotatable bonds is 5. The highest BCUT2D eigenvalue weighted by molar-refractivity contribution is 7.88. The Balaban J connectivity index is 1.68. The minimum absolute atomic E-state index is 0.106. The average molecular weight is 417 g/mol. The van der Waals surface area contributed by atoms with Crippen molar-refractivity contribution in [3.8, 4) is 0 Å². The van der Waals surface area contributed by atoms with E-state index in [9.17, 15) is 13.2 Å². The Morgan fingerprint density at radius 1 is 1.26 bits per heavy atom. The van der Waals surface area contributed by atoms with E-state index in [-0.39, 0.29) is 6.04 Å². The number of hydrogen-bond acceptors (Lipinski definition) is 5. The van der Waals surface area contributed by atoms with E-state index in [4.69, 9.17) is 16.7 Å². The maximum atomic E-state index is 11.5. The molecule has 0 saturated carbocycles. The van der Waals surface area contributed by atoms with E-state index in [0.717, 1.165) is 24.2 Å². The highest BCUT2D eigenvalue weighted by Gasteiger charge is 2.27. The van der Waals surface area contributed by atoms with Crippen LogP contribution in [0.3, 0.4) is 0 Å². The molecule has 1 atom stereocenters. The minimum Gasteiger partial charge on any atom is -0.465 e. The lowest BCUT2D eigenvalue weighted by atomic mass is 10.1. The maximum Gasteiger partial charge on any atom is 0.407 e. The van der Waals surface area contributed by atoms with Crippen LogP contribution in [0.25, 0.3) is 0 Å². The Bertz CT molecular complexity index is 796. The first kappa shape index (κ1) is 20.2. The highest BCUT2D eigenvalue weighted by atomic mass is 35.5. The predicted octanol–water partition coefficient (Wildman–Crippen LogP) is 1.26. The number of sulfonamides is 1. The van der Waals surface area contributed by atoms with E-state index in [2.05, 4.69) is 14.5 Å². The predicted molar refractivity (Wildman–Crippen MR) is 105 cm³/mol. The zero-order valence-electron chi connectivity index (χ0n) is 15.3. The lowest BCUT2D eigenvalue weighted by Crippen LogP contribution is -2.47. The van der Waals surface area contributed by atoms with Gasteiger partial charge in [0.05, 0.1) is 6.26 Å². The Hall–Kier alpha value is -1.55. The SMILES string of the molecule is CS(=O)(=O)N[C@@H]1CCN(c2cc(Cl)ccc2CN2CCN(C(=O)O)CC2)C1. The fourth-order valence-corrected chi connectivity index (χ4v) is 4.65. The van der Waals surface area contributed by atoms with Gasteiger partial charge in [-0.15, -0.1) is 0 Å². The van der Waals surface area contributed by atoms with Gasteiger partial charge >= 0.3 is 6.09 Å². The van der Waals surface area contributed by atoms with Crippen LogP contribution >= 0.6 is 11.6 Å². The van der Waals surface area contributed by atoms with Crippen LogP contribution in [-0.2, 0) is 16.6 Å². The third kappa shape index (κ3) is 5.47. The van der Waals surface area contributed by atoms with Crippen LogP contribution in [-0.4, -0.2) is 81.0 Å². The number of benzene rings is 1. The summed E-state index contributed by atoms with van der Waals surface area (Å²) >= 11 is 6.21. The molecular weight excluding hydrogens is 392 g/mol. The number of carboxylic acid groups (broad SMARTS) is 1. The molecule has 8 nitrogen and oxygen atoms in total. The van der Waals surface area contributed by atoms with Gasteiger partial charge in [-0.2, -0.15) is 0 Å². The summed E-state index contributed by atoms with van der Waals surface area (Å²) in [4.78, 5) is 16.9. The van der Waals surface area contributed by atoms with Crippen molar-refractivity contribution >= 4 is 33.4 Å². The molecule has 0 unspecified atom stereocenters. The van der Waals surface area contributed by atoms with Gasteiger partial charge in [-0.1, -0.05) is 17.7 Å². The fraction of sp³-hybridized carbons (Fsp3) is 0.588. The topological polar surface area (TPSA) is 93.2 Å². The number of halogens is 1. The molecule has 2 fully saturated rings. The molecule has 2 heterocycles. The van der Waals surface area contributed by atoms with E-state index in [1.54, 1.807) is 0 Å². The van der Waals surface area contributed by atoms with E-state index in [0.29, 0.717) is 44.3 Å². The molecule has 0 bridgehead atoms. The molecule has 0 aromatic heterocycles. The zero-order valence-corrected chi connectivity index (χ0v) is 16.8. The molecule has 3 rings (SSSR count). The first-order valence-corrected chi connectivity index (χ1v) is 11.2. The Morgan fingerprint density at radius 3 is 2.59 bits per heavy atom. The number of anilines is 1. The van der Waals surface area contributed by atoms with Crippen molar-refractivity contribution < 1.29 is 18.3 Å². The second-order valence-electron chi connectivity index (χ2n) is 7.14. The molecule has 2 N–H and O–H groups in total. The fourth-order valence-electron chi connectivity index (χ4n) is 3.68. The Kier molecular flexibility index (Phi) is 6.15. The first-order valence-electron chi connectivity index (χ1n) is 8.92. The summed E-state index contributed by atoms with van der Waals surface area (Å²) in [6.07, 6.45) is 1.05. The summed E-state index contributed by atoms with van der Waals surface area (Å²) in [7, 11) is -3.23. The lowest BCUT2D eigenvalue weighted by molar-refractivity contribution is 0.103. The number of nitrogens with zero attached hydrogens (tertiary/aromatic N) is 3. The van der Waals surface area contributed by atoms with Gasteiger partial charge in [0.15, 0.2) is 0 Å². The standard InChI is InChI=1S/C17H25ClN4O4S/c1-27(25,26)19-15-4-5-22(12-15)16-10-14(18)3-2-13(16)11-20-6-8-21(9-7-20)17(23)24/h2-3,10,15,19H,4-9,11-12H2,1H3,(H,23,24)/t15-/m1/s1. The molecule has 0 spiro atoms. The van der Waals surface area contributed by atoms with E-state index in [1.165, 1.54) is 11.2 Å². The zero-order chi connectivity index (χ0) is 19.6. The second kappa shape index (κ2) is 8.22. The van der Waals surface area contributed by atoms with Gasteiger partial charge in [0.2, 0.25) is 10.0 Å². The van der Waals surface area contributed by atoms with Gasteiger partial charge < -0.3 is 14.9 Å². The molecule has 2 aliphatic heterocycles. The molecule has 2 aliphatic rings. The van der Waals surface area contributed by atoms with Crippen LogP contribution in [0.5, 0.6) is 0 Å². The number of piperazine rings is 1. The smallest absolute Gasteiger partial charge is 0.407 e. The lowest BCUT2D eigenvalue weighted by Gasteiger charge is -2.34. The van der Waals surface area contributed by atoms with Crippen LogP contribution in [0, 0.1) is 0 Å². The van der Waals surface area contributed by atoms with E-state index in [1.807, 2.05) is 18.2 Å². The number of nitrogens with one attached hydrogen (secondary N) is 1. The molecule has 1 amide bonds. The summed E-state index contributed by atoms with van der Waals surface area (Å²) in [6, 6.07) is 5.67. The normalized spacial score (nSPS) is 21.6. The van der Waals surface area contributed by atoms with Crippen LogP contribution in [0.4, 0.5) is 10.5 Å². The van der Waals surface area contributed by atoms with Crippen molar-refractivity contribution in [1.29, 1.82) is 0 Å². The van der Waals surface area contributed by atoms with Crippen LogP contribution in [0.1, 0.15) is 12.0 Å². The molecule has 1 aromatic rings.